The summed E-state index contributed by atoms with van der Waals surface area (Å²) >= 11 is 0. The smallest absolute Gasteiger partial charge is 0.0102 e. The van der Waals surface area contributed by atoms with Crippen molar-refractivity contribution in [1.82, 2.24) is 0 Å². The molecule has 1 heteroatoms. The van der Waals surface area contributed by atoms with Gasteiger partial charge in [0.2, 0.25) is 0 Å². The van der Waals surface area contributed by atoms with E-state index < -0.39 is 0 Å². The fourth-order valence-corrected chi connectivity index (χ4v) is 2.21. The molecular weight excluding hydrogens is 158 g/mol. The van der Waals surface area contributed by atoms with Gasteiger partial charge in [-0.15, -0.1) is 0 Å². The summed E-state index contributed by atoms with van der Waals surface area (Å²) in [5.74, 6) is 0.656. The van der Waals surface area contributed by atoms with Crippen LogP contribution in [0, 0.1) is 5.41 Å². The van der Waals surface area contributed by atoms with Crippen LogP contribution in [0.2, 0.25) is 0 Å². The third kappa shape index (κ3) is 1.28. The van der Waals surface area contributed by atoms with Gasteiger partial charge in [-0.2, -0.15) is 0 Å². The predicted octanol–water partition coefficient (Wildman–Crippen LogP) is 2.53. The second-order valence-corrected chi connectivity index (χ2v) is 4.63. The Morgan fingerprint density at radius 2 is 1.85 bits per heavy atom. The largest absolute Gasteiger partial charge is 0.327 e. The minimum Gasteiger partial charge on any atom is -0.327 e. The monoisotopic (exact) mass is 175 g/mol. The highest BCUT2D eigenvalue weighted by molar-refractivity contribution is 5.26. The van der Waals surface area contributed by atoms with Gasteiger partial charge in [0, 0.05) is 6.04 Å². The summed E-state index contributed by atoms with van der Waals surface area (Å²) in [7, 11) is 0. The van der Waals surface area contributed by atoms with E-state index in [1.807, 2.05) is 0 Å². The van der Waals surface area contributed by atoms with E-state index in [-0.39, 0.29) is 5.41 Å². The van der Waals surface area contributed by atoms with E-state index in [2.05, 4.69) is 44.2 Å². The Hall–Kier alpha value is -0.820. The van der Waals surface area contributed by atoms with Gasteiger partial charge in [-0.1, -0.05) is 44.2 Å². The maximum Gasteiger partial charge on any atom is 0.0102 e. The van der Waals surface area contributed by atoms with Crippen molar-refractivity contribution in [2.75, 3.05) is 0 Å². The molecular formula is C12H17N. The fraction of sp³-hybridized carbons (Fsp3) is 0.500. The summed E-state index contributed by atoms with van der Waals surface area (Å²) in [6.45, 7) is 4.53. The quantitative estimate of drug-likeness (QED) is 0.697. The molecule has 2 unspecified atom stereocenters. The number of nitrogens with two attached hydrogens (primary N) is 1. The average Bonchev–Trinajstić information content (AvgIpc) is 2.15. The molecule has 0 amide bonds. The standard InChI is InChI=1S/C12H17N/c1-12(2)10(8-11(12)13)9-6-4-3-5-7-9/h3-7,10-11H,8,13H2,1-2H3. The van der Waals surface area contributed by atoms with Gasteiger partial charge in [0.1, 0.15) is 0 Å². The van der Waals surface area contributed by atoms with Crippen molar-refractivity contribution in [2.24, 2.45) is 11.1 Å². The van der Waals surface area contributed by atoms with Crippen LogP contribution in [-0.4, -0.2) is 6.04 Å². The van der Waals surface area contributed by atoms with Crippen molar-refractivity contribution >= 4 is 0 Å². The summed E-state index contributed by atoms with van der Waals surface area (Å²) in [5, 5.41) is 0. The first-order chi connectivity index (χ1) is 6.12. The number of hydrogen-bond donors (Lipinski definition) is 1. The van der Waals surface area contributed by atoms with Gasteiger partial charge in [0.25, 0.3) is 0 Å². The molecule has 0 bridgehead atoms. The van der Waals surface area contributed by atoms with Gasteiger partial charge in [0.05, 0.1) is 0 Å². The Balaban J connectivity index is 2.22. The Labute approximate surface area is 80.0 Å². The zero-order chi connectivity index (χ0) is 9.47. The van der Waals surface area contributed by atoms with E-state index in [0.717, 1.165) is 6.42 Å². The van der Waals surface area contributed by atoms with Gasteiger partial charge in [-0.3, -0.25) is 0 Å². The lowest BCUT2D eigenvalue weighted by Crippen LogP contribution is -2.52. The zero-order valence-electron chi connectivity index (χ0n) is 8.33. The van der Waals surface area contributed by atoms with Crippen LogP contribution >= 0.6 is 0 Å². The van der Waals surface area contributed by atoms with E-state index in [4.69, 9.17) is 5.73 Å². The van der Waals surface area contributed by atoms with E-state index in [0.29, 0.717) is 12.0 Å². The number of hydrogen-bond acceptors (Lipinski definition) is 1. The van der Waals surface area contributed by atoms with Gasteiger partial charge in [-0.25, -0.2) is 0 Å². The van der Waals surface area contributed by atoms with Crippen molar-refractivity contribution in [2.45, 2.75) is 32.2 Å². The third-order valence-corrected chi connectivity index (χ3v) is 3.55. The van der Waals surface area contributed by atoms with Gasteiger partial charge < -0.3 is 5.73 Å². The zero-order valence-corrected chi connectivity index (χ0v) is 8.33. The first-order valence-electron chi connectivity index (χ1n) is 4.93. The molecule has 2 atom stereocenters. The highest BCUT2D eigenvalue weighted by atomic mass is 14.8. The Morgan fingerprint density at radius 3 is 2.31 bits per heavy atom. The lowest BCUT2D eigenvalue weighted by atomic mass is 9.57. The third-order valence-electron chi connectivity index (χ3n) is 3.55. The van der Waals surface area contributed by atoms with Crippen LogP contribution < -0.4 is 5.73 Å². The molecule has 0 heterocycles. The van der Waals surface area contributed by atoms with Crippen LogP contribution in [-0.2, 0) is 0 Å². The second kappa shape index (κ2) is 2.85. The molecule has 1 aliphatic rings. The van der Waals surface area contributed by atoms with Crippen molar-refractivity contribution in [3.8, 4) is 0 Å². The lowest BCUT2D eigenvalue weighted by Gasteiger charge is -2.50. The maximum atomic E-state index is 5.98. The topological polar surface area (TPSA) is 26.0 Å². The Kier molecular flexibility index (Phi) is 1.92. The van der Waals surface area contributed by atoms with Crippen LogP contribution in [0.4, 0.5) is 0 Å². The molecule has 1 aromatic rings. The molecule has 1 aromatic carbocycles. The van der Waals surface area contributed by atoms with E-state index in [9.17, 15) is 0 Å². The highest BCUT2D eigenvalue weighted by Gasteiger charge is 2.46. The van der Waals surface area contributed by atoms with Crippen molar-refractivity contribution in [3.05, 3.63) is 35.9 Å². The van der Waals surface area contributed by atoms with Crippen LogP contribution in [0.5, 0.6) is 0 Å². The molecule has 0 aromatic heterocycles. The van der Waals surface area contributed by atoms with E-state index >= 15 is 0 Å². The molecule has 2 rings (SSSR count). The summed E-state index contributed by atoms with van der Waals surface area (Å²) in [4.78, 5) is 0. The van der Waals surface area contributed by atoms with Crippen LogP contribution in [0.1, 0.15) is 31.7 Å². The van der Waals surface area contributed by atoms with Crippen molar-refractivity contribution in [3.63, 3.8) is 0 Å². The van der Waals surface area contributed by atoms with E-state index in [1.54, 1.807) is 0 Å². The summed E-state index contributed by atoms with van der Waals surface area (Å²) < 4.78 is 0. The minimum absolute atomic E-state index is 0.279. The van der Waals surface area contributed by atoms with Crippen molar-refractivity contribution in [1.29, 1.82) is 0 Å². The molecule has 1 aliphatic carbocycles. The molecule has 0 radical (unpaired) electrons. The Bertz CT molecular complexity index is 289. The van der Waals surface area contributed by atoms with Crippen LogP contribution in [0.15, 0.2) is 30.3 Å². The van der Waals surface area contributed by atoms with Crippen LogP contribution in [0.25, 0.3) is 0 Å². The fourth-order valence-electron chi connectivity index (χ4n) is 2.21. The number of rotatable bonds is 1. The first kappa shape index (κ1) is 8.76. The van der Waals surface area contributed by atoms with Gasteiger partial charge in [0.15, 0.2) is 0 Å². The normalized spacial score (nSPS) is 31.0. The van der Waals surface area contributed by atoms with Gasteiger partial charge >= 0.3 is 0 Å². The SMILES string of the molecule is CC1(C)C(N)CC1c1ccccc1. The molecule has 2 N–H and O–H groups in total. The van der Waals surface area contributed by atoms with Gasteiger partial charge in [-0.05, 0) is 23.3 Å². The maximum absolute atomic E-state index is 5.98. The summed E-state index contributed by atoms with van der Waals surface area (Å²) in [6.07, 6.45) is 1.14. The molecule has 1 nitrogen and oxygen atoms in total. The molecule has 0 spiro atoms. The predicted molar refractivity (Wildman–Crippen MR) is 55.6 cm³/mol. The molecule has 1 saturated carbocycles. The minimum atomic E-state index is 0.279. The van der Waals surface area contributed by atoms with E-state index in [1.165, 1.54) is 5.56 Å². The first-order valence-corrected chi connectivity index (χ1v) is 4.93. The van der Waals surface area contributed by atoms with Crippen molar-refractivity contribution < 1.29 is 0 Å². The second-order valence-electron chi connectivity index (χ2n) is 4.63. The molecule has 0 aliphatic heterocycles. The number of benzene rings is 1. The van der Waals surface area contributed by atoms with Crippen LogP contribution in [0.3, 0.4) is 0 Å². The summed E-state index contributed by atoms with van der Waals surface area (Å²) in [6, 6.07) is 11.1. The molecule has 70 valence electrons. The Morgan fingerprint density at radius 1 is 1.23 bits per heavy atom. The highest BCUT2D eigenvalue weighted by Crippen LogP contribution is 2.51. The molecule has 1 fully saturated rings. The molecule has 0 saturated heterocycles. The lowest BCUT2D eigenvalue weighted by molar-refractivity contribution is 0.0984. The molecule has 13 heavy (non-hydrogen) atoms. The average molecular weight is 175 g/mol. The summed E-state index contributed by atoms with van der Waals surface area (Å²) in [5.41, 5.74) is 7.70.